The maximum Gasteiger partial charge on any atom is 0.338 e. The van der Waals surface area contributed by atoms with E-state index in [1.807, 2.05) is 0 Å². The first-order chi connectivity index (χ1) is 21.7. The number of carbonyl (C=O) groups excluding carboxylic acids is 4. The second kappa shape index (κ2) is 14.3. The van der Waals surface area contributed by atoms with Crippen LogP contribution in [-0.4, -0.2) is 64.7 Å². The predicted molar refractivity (Wildman–Crippen MR) is 162 cm³/mol. The average Bonchev–Trinajstić information content (AvgIpc) is 3.07. The molecule has 10 nitrogen and oxygen atoms in total. The van der Waals surface area contributed by atoms with Crippen molar-refractivity contribution >= 4 is 39.8 Å². The molecule has 1 aliphatic heterocycles. The molecule has 5 atom stereocenters. The molecule has 1 N–H and O–H groups in total. The van der Waals surface area contributed by atoms with Gasteiger partial charge < -0.3 is 28.8 Å². The lowest BCUT2D eigenvalue weighted by atomic mass is 9.97. The van der Waals surface area contributed by atoms with E-state index in [2.05, 4.69) is 15.9 Å². The summed E-state index contributed by atoms with van der Waals surface area (Å²) >= 11 is 3.06. The first-order valence-corrected chi connectivity index (χ1v) is 14.6. The minimum absolute atomic E-state index is 0.130. The average molecular weight is 675 g/mol. The molecule has 0 spiro atoms. The highest BCUT2D eigenvalue weighted by Gasteiger charge is 2.59. The van der Waals surface area contributed by atoms with Crippen molar-refractivity contribution in [3.8, 4) is 0 Å². The quantitative estimate of drug-likeness (QED) is 0.147. The monoisotopic (exact) mass is 674 g/mol. The number of alkyl halides is 1. The summed E-state index contributed by atoms with van der Waals surface area (Å²) in [7, 11) is 0. The molecule has 1 saturated heterocycles. The first-order valence-electron chi connectivity index (χ1n) is 13.8. The number of benzene rings is 4. The molecule has 0 aliphatic carbocycles. The fourth-order valence-corrected chi connectivity index (χ4v) is 5.17. The van der Waals surface area contributed by atoms with Crippen molar-refractivity contribution in [3.63, 3.8) is 0 Å². The summed E-state index contributed by atoms with van der Waals surface area (Å²) in [6.07, 6.45) is -6.38. The Labute approximate surface area is 266 Å². The van der Waals surface area contributed by atoms with Crippen molar-refractivity contribution in [2.75, 3.05) is 6.61 Å². The van der Waals surface area contributed by atoms with Crippen LogP contribution in [0.2, 0.25) is 0 Å². The fourth-order valence-electron chi connectivity index (χ4n) is 4.58. The first kappa shape index (κ1) is 31.6. The van der Waals surface area contributed by atoms with E-state index >= 15 is 0 Å². The molecular formula is C34H27BrO10. The van der Waals surface area contributed by atoms with E-state index in [0.717, 1.165) is 0 Å². The van der Waals surface area contributed by atoms with Gasteiger partial charge in [-0.25, -0.2) is 19.2 Å². The van der Waals surface area contributed by atoms with Crippen LogP contribution in [0.4, 0.5) is 0 Å². The molecule has 5 rings (SSSR count). The molecule has 1 aliphatic rings. The van der Waals surface area contributed by atoms with Gasteiger partial charge in [-0.05, 0) is 64.5 Å². The third kappa shape index (κ3) is 7.82. The smallest absolute Gasteiger partial charge is 0.338 e. The lowest BCUT2D eigenvalue weighted by Gasteiger charge is -2.46. The molecule has 11 heteroatoms. The highest BCUT2D eigenvalue weighted by molar-refractivity contribution is 9.10. The van der Waals surface area contributed by atoms with Gasteiger partial charge in [0.05, 0.1) is 22.3 Å². The molecule has 1 fully saturated rings. The van der Waals surface area contributed by atoms with E-state index in [9.17, 15) is 24.3 Å². The number of carbonyl (C=O) groups is 4. The van der Waals surface area contributed by atoms with Crippen LogP contribution in [0.3, 0.4) is 0 Å². The second-order valence-corrected chi connectivity index (χ2v) is 11.0. The summed E-state index contributed by atoms with van der Waals surface area (Å²) in [6.45, 7) is -0.548. The van der Waals surface area contributed by atoms with E-state index in [1.165, 1.54) is 36.4 Å². The topological polar surface area (TPSA) is 135 Å². The molecular weight excluding hydrogens is 648 g/mol. The summed E-state index contributed by atoms with van der Waals surface area (Å²) < 4.78 is 26.1. The van der Waals surface area contributed by atoms with Crippen LogP contribution in [0.1, 0.15) is 41.4 Å². The van der Waals surface area contributed by atoms with Gasteiger partial charge in [-0.15, -0.1) is 0 Å². The number of esters is 4. The number of aliphatic hydroxyl groups is 1. The summed E-state index contributed by atoms with van der Waals surface area (Å²) in [5.74, 6) is -3.31. The van der Waals surface area contributed by atoms with Gasteiger partial charge in [-0.2, -0.15) is 0 Å². The normalized spacial score (nSPS) is 22.4. The van der Waals surface area contributed by atoms with Gasteiger partial charge in [0.25, 0.3) is 4.70 Å². The van der Waals surface area contributed by atoms with Gasteiger partial charge in [-0.3, -0.25) is 0 Å². The Bertz CT molecular complexity index is 1610. The molecule has 45 heavy (non-hydrogen) atoms. The molecule has 0 unspecified atom stereocenters. The van der Waals surface area contributed by atoms with Gasteiger partial charge in [-0.1, -0.05) is 72.8 Å². The molecule has 0 bridgehead atoms. The minimum Gasteiger partial charge on any atom is -0.459 e. The second-order valence-electron chi connectivity index (χ2n) is 9.89. The predicted octanol–water partition coefficient (Wildman–Crippen LogP) is 4.96. The van der Waals surface area contributed by atoms with Crippen molar-refractivity contribution in [1.29, 1.82) is 0 Å². The van der Waals surface area contributed by atoms with Crippen LogP contribution in [0.25, 0.3) is 0 Å². The highest BCUT2D eigenvalue weighted by atomic mass is 79.9. The zero-order valence-electron chi connectivity index (χ0n) is 23.6. The Balaban J connectivity index is 1.51. The number of hydrogen-bond acceptors (Lipinski definition) is 10. The Hall–Kier alpha value is -4.84. The van der Waals surface area contributed by atoms with Crippen molar-refractivity contribution < 1.29 is 48.0 Å². The number of halogens is 1. The zero-order valence-corrected chi connectivity index (χ0v) is 25.1. The minimum atomic E-state index is -2.49. The van der Waals surface area contributed by atoms with Gasteiger partial charge >= 0.3 is 23.9 Å². The van der Waals surface area contributed by atoms with Gasteiger partial charge in [0, 0.05) is 0 Å². The standard InChI is InChI=1S/C34H27BrO10/c35-34(40)29(44-33(39)25-19-11-4-12-20-25)28(43-32(38)24-17-9-3-10-18-24)27(42-31(37)23-15-7-2-8-16-23)26(45-34)21-41-30(36)22-13-5-1-6-14-22/h1-20,26-29,40H,21H2/t26-,27-,28+,29+,34+/m1/s1. The number of ether oxygens (including phenoxy) is 5. The van der Waals surface area contributed by atoms with Crippen molar-refractivity contribution in [3.05, 3.63) is 144 Å². The molecule has 0 amide bonds. The largest absolute Gasteiger partial charge is 0.459 e. The van der Waals surface area contributed by atoms with E-state index in [-0.39, 0.29) is 22.3 Å². The number of rotatable bonds is 9. The highest BCUT2D eigenvalue weighted by Crippen LogP contribution is 2.39. The van der Waals surface area contributed by atoms with Crippen LogP contribution in [0.5, 0.6) is 0 Å². The molecule has 0 radical (unpaired) electrons. The number of hydrogen-bond donors (Lipinski definition) is 1. The van der Waals surface area contributed by atoms with Crippen molar-refractivity contribution in [2.45, 2.75) is 29.1 Å². The Morgan fingerprint density at radius 2 is 0.933 bits per heavy atom. The Kier molecular flexibility index (Phi) is 10.0. The fraction of sp³-hybridized carbons (Fsp3) is 0.176. The van der Waals surface area contributed by atoms with E-state index in [4.69, 9.17) is 23.7 Å². The zero-order chi connectivity index (χ0) is 31.8. The van der Waals surface area contributed by atoms with Gasteiger partial charge in [0.15, 0.2) is 12.2 Å². The summed E-state index contributed by atoms with van der Waals surface area (Å²) in [6, 6.07) is 31.9. The molecule has 4 aromatic carbocycles. The van der Waals surface area contributed by atoms with Crippen LogP contribution in [-0.2, 0) is 23.7 Å². The molecule has 230 valence electrons. The maximum atomic E-state index is 13.4. The van der Waals surface area contributed by atoms with E-state index < -0.39 is 59.6 Å². The Morgan fingerprint density at radius 3 is 1.36 bits per heavy atom. The third-order valence-electron chi connectivity index (χ3n) is 6.79. The van der Waals surface area contributed by atoms with Crippen LogP contribution in [0, 0.1) is 0 Å². The summed E-state index contributed by atoms with van der Waals surface area (Å²) in [5.41, 5.74) is 0.659. The molecule has 4 aromatic rings. The van der Waals surface area contributed by atoms with Gasteiger partial charge in [0.1, 0.15) is 12.7 Å². The van der Waals surface area contributed by atoms with Crippen LogP contribution < -0.4 is 0 Å². The SMILES string of the molecule is O=C(OC[C@H]1O[C@](O)(Br)[C@@H](OC(=O)c2ccccc2)[C@@H](OC(=O)c2ccccc2)[C@@H]1OC(=O)c1ccccc1)c1ccccc1. The molecule has 0 saturated carbocycles. The van der Waals surface area contributed by atoms with Crippen molar-refractivity contribution in [1.82, 2.24) is 0 Å². The van der Waals surface area contributed by atoms with E-state index in [1.54, 1.807) is 84.9 Å². The summed E-state index contributed by atoms with van der Waals surface area (Å²) in [5, 5.41) is 11.5. The van der Waals surface area contributed by atoms with Gasteiger partial charge in [0.2, 0.25) is 6.10 Å². The summed E-state index contributed by atoms with van der Waals surface area (Å²) in [4.78, 5) is 52.7. The molecule has 1 heterocycles. The lowest BCUT2D eigenvalue weighted by molar-refractivity contribution is -0.299. The maximum absolute atomic E-state index is 13.4. The molecule has 0 aromatic heterocycles. The van der Waals surface area contributed by atoms with E-state index in [0.29, 0.717) is 0 Å². The third-order valence-corrected chi connectivity index (χ3v) is 7.43. The Morgan fingerprint density at radius 1 is 0.578 bits per heavy atom. The van der Waals surface area contributed by atoms with Crippen molar-refractivity contribution in [2.24, 2.45) is 0 Å². The van der Waals surface area contributed by atoms with Crippen LogP contribution in [0.15, 0.2) is 121 Å². The van der Waals surface area contributed by atoms with Crippen LogP contribution >= 0.6 is 15.9 Å². The lowest BCUT2D eigenvalue weighted by Crippen LogP contribution is -2.66.